The van der Waals surface area contributed by atoms with E-state index >= 15 is 0 Å². The van der Waals surface area contributed by atoms with Gasteiger partial charge in [0.15, 0.2) is 0 Å². The molecule has 0 aliphatic heterocycles. The van der Waals surface area contributed by atoms with E-state index in [1.807, 2.05) is 0 Å². The third-order valence-corrected chi connectivity index (χ3v) is 2.68. The van der Waals surface area contributed by atoms with Crippen LogP contribution in [0, 0.1) is 0 Å². The molecule has 6 heteroatoms. The highest BCUT2D eigenvalue weighted by Crippen LogP contribution is 2.25. The van der Waals surface area contributed by atoms with Crippen molar-refractivity contribution >= 4 is 32.9 Å². The first kappa shape index (κ1) is 10.1. The third kappa shape index (κ3) is 1.62. The normalized spacial score (nSPS) is 10.8. The lowest BCUT2D eigenvalue weighted by Gasteiger charge is -1.97. The van der Waals surface area contributed by atoms with Crippen LogP contribution in [0.15, 0.2) is 16.6 Å². The van der Waals surface area contributed by atoms with Crippen molar-refractivity contribution in [2.75, 3.05) is 0 Å². The number of halogens is 1. The molecule has 1 heterocycles. The second-order valence-corrected chi connectivity index (χ2v) is 3.82. The Morgan fingerprint density at radius 1 is 1.53 bits per heavy atom. The van der Waals surface area contributed by atoms with E-state index in [-0.39, 0.29) is 12.2 Å². The smallest absolute Gasteiger partial charge is 0.337 e. The second-order valence-electron chi connectivity index (χ2n) is 2.97. The number of carbonyl (C=O) groups is 1. The highest BCUT2D eigenvalue weighted by molar-refractivity contribution is 9.10. The molecule has 1 aromatic carbocycles. The van der Waals surface area contributed by atoms with Crippen LogP contribution in [-0.4, -0.2) is 26.2 Å². The number of imidazole rings is 1. The predicted molar refractivity (Wildman–Crippen MR) is 56.7 cm³/mol. The second kappa shape index (κ2) is 3.63. The highest BCUT2D eigenvalue weighted by atomic mass is 79.9. The minimum Gasteiger partial charge on any atom is -0.478 e. The first-order valence-electron chi connectivity index (χ1n) is 4.14. The molecule has 0 aliphatic rings. The van der Waals surface area contributed by atoms with Gasteiger partial charge >= 0.3 is 5.97 Å². The standard InChI is InChI=1S/C9H7BrN2O3/c10-5-2-1-4(9(14)15)7-8(5)12-6(3-13)11-7/h1-2,13H,3H2,(H,11,12)(H,14,15). The van der Waals surface area contributed by atoms with E-state index in [1.165, 1.54) is 6.07 Å². The molecule has 5 nitrogen and oxygen atoms in total. The number of fused-ring (bicyclic) bond motifs is 1. The first-order chi connectivity index (χ1) is 7.13. The molecular formula is C9H7BrN2O3. The Labute approximate surface area is 92.9 Å². The van der Waals surface area contributed by atoms with E-state index in [4.69, 9.17) is 10.2 Å². The molecule has 0 amide bonds. The number of carboxylic acids is 1. The molecule has 0 aliphatic carbocycles. The first-order valence-corrected chi connectivity index (χ1v) is 4.94. The van der Waals surface area contributed by atoms with Crippen LogP contribution >= 0.6 is 15.9 Å². The quantitative estimate of drug-likeness (QED) is 0.772. The van der Waals surface area contributed by atoms with Crippen molar-refractivity contribution in [1.29, 1.82) is 0 Å². The summed E-state index contributed by atoms with van der Waals surface area (Å²) in [7, 11) is 0. The van der Waals surface area contributed by atoms with Gasteiger partial charge in [-0.2, -0.15) is 0 Å². The van der Waals surface area contributed by atoms with Crippen molar-refractivity contribution in [3.8, 4) is 0 Å². The molecule has 78 valence electrons. The number of aromatic carboxylic acids is 1. The molecule has 1 aromatic heterocycles. The molecule has 0 saturated carbocycles. The number of hydrogen-bond acceptors (Lipinski definition) is 3. The van der Waals surface area contributed by atoms with E-state index in [1.54, 1.807) is 6.07 Å². The van der Waals surface area contributed by atoms with Gasteiger partial charge in [-0.15, -0.1) is 0 Å². The molecule has 0 fully saturated rings. The summed E-state index contributed by atoms with van der Waals surface area (Å²) in [5.74, 6) is -0.692. The number of nitrogens with zero attached hydrogens (tertiary/aromatic N) is 1. The fourth-order valence-corrected chi connectivity index (χ4v) is 1.78. The zero-order valence-corrected chi connectivity index (χ0v) is 9.08. The van der Waals surface area contributed by atoms with Crippen LogP contribution < -0.4 is 0 Å². The molecule has 2 rings (SSSR count). The number of aliphatic hydroxyl groups is 1. The largest absolute Gasteiger partial charge is 0.478 e. The number of benzene rings is 1. The number of aromatic amines is 1. The van der Waals surface area contributed by atoms with Crippen LogP contribution in [-0.2, 0) is 6.61 Å². The number of aromatic nitrogens is 2. The summed E-state index contributed by atoms with van der Waals surface area (Å²) in [6.45, 7) is -0.250. The zero-order valence-electron chi connectivity index (χ0n) is 7.49. The lowest BCUT2D eigenvalue weighted by molar-refractivity contribution is 0.0699. The fraction of sp³-hybridized carbons (Fsp3) is 0.111. The Hall–Kier alpha value is -1.40. The number of hydrogen-bond donors (Lipinski definition) is 3. The van der Waals surface area contributed by atoms with Crippen molar-refractivity contribution in [2.24, 2.45) is 0 Å². The molecule has 0 radical (unpaired) electrons. The van der Waals surface area contributed by atoms with Gasteiger partial charge in [0, 0.05) is 4.47 Å². The summed E-state index contributed by atoms with van der Waals surface area (Å²) in [6.07, 6.45) is 0. The topological polar surface area (TPSA) is 86.2 Å². The molecule has 0 atom stereocenters. The Morgan fingerprint density at radius 2 is 2.27 bits per heavy atom. The Morgan fingerprint density at radius 3 is 2.87 bits per heavy atom. The maximum atomic E-state index is 10.9. The van der Waals surface area contributed by atoms with Crippen LogP contribution in [0.5, 0.6) is 0 Å². The van der Waals surface area contributed by atoms with Gasteiger partial charge in [-0.1, -0.05) is 0 Å². The number of aliphatic hydroxyl groups excluding tert-OH is 1. The highest BCUT2D eigenvalue weighted by Gasteiger charge is 2.14. The zero-order chi connectivity index (χ0) is 11.0. The molecular weight excluding hydrogens is 264 g/mol. The number of H-pyrrole nitrogens is 1. The average molecular weight is 271 g/mol. The van der Waals surface area contributed by atoms with Crippen LogP contribution in [0.4, 0.5) is 0 Å². The van der Waals surface area contributed by atoms with Crippen molar-refractivity contribution in [2.45, 2.75) is 6.61 Å². The fourth-order valence-electron chi connectivity index (χ4n) is 1.36. The van der Waals surface area contributed by atoms with Gasteiger partial charge in [0.05, 0.1) is 11.1 Å². The molecule has 0 saturated heterocycles. The molecule has 2 aromatic rings. The molecule has 3 N–H and O–H groups in total. The number of rotatable bonds is 2. The van der Waals surface area contributed by atoms with Crippen molar-refractivity contribution in [1.82, 2.24) is 9.97 Å². The summed E-state index contributed by atoms with van der Waals surface area (Å²) >= 11 is 3.28. The van der Waals surface area contributed by atoms with Crippen molar-refractivity contribution < 1.29 is 15.0 Å². The molecule has 15 heavy (non-hydrogen) atoms. The average Bonchev–Trinajstić information content (AvgIpc) is 2.62. The van der Waals surface area contributed by atoms with Crippen LogP contribution in [0.25, 0.3) is 11.0 Å². The van der Waals surface area contributed by atoms with Gasteiger partial charge in [0.25, 0.3) is 0 Å². The van der Waals surface area contributed by atoms with E-state index in [9.17, 15) is 4.79 Å². The molecule has 0 unspecified atom stereocenters. The maximum Gasteiger partial charge on any atom is 0.337 e. The number of carboxylic acid groups (broad SMARTS) is 1. The predicted octanol–water partition coefficient (Wildman–Crippen LogP) is 1.52. The lowest BCUT2D eigenvalue weighted by atomic mass is 10.2. The third-order valence-electron chi connectivity index (χ3n) is 2.02. The van der Waals surface area contributed by atoms with E-state index in [0.717, 1.165) is 4.47 Å². The lowest BCUT2D eigenvalue weighted by Crippen LogP contribution is -1.97. The molecule has 0 bridgehead atoms. The van der Waals surface area contributed by atoms with E-state index in [2.05, 4.69) is 25.9 Å². The Bertz CT molecular complexity index is 535. The van der Waals surface area contributed by atoms with E-state index in [0.29, 0.717) is 16.9 Å². The van der Waals surface area contributed by atoms with Gasteiger partial charge in [-0.05, 0) is 28.1 Å². The van der Waals surface area contributed by atoms with Crippen molar-refractivity contribution in [3.05, 3.63) is 28.0 Å². The summed E-state index contributed by atoms with van der Waals surface area (Å²) in [5, 5.41) is 17.8. The summed E-state index contributed by atoms with van der Waals surface area (Å²) in [4.78, 5) is 17.7. The molecule has 0 spiro atoms. The Balaban J connectivity index is 2.80. The minimum absolute atomic E-state index is 0.115. The van der Waals surface area contributed by atoms with Gasteiger partial charge in [0.2, 0.25) is 0 Å². The van der Waals surface area contributed by atoms with E-state index < -0.39 is 5.97 Å². The minimum atomic E-state index is -1.04. The van der Waals surface area contributed by atoms with Crippen LogP contribution in [0.1, 0.15) is 16.2 Å². The van der Waals surface area contributed by atoms with Crippen LogP contribution in [0.2, 0.25) is 0 Å². The Kier molecular flexibility index (Phi) is 2.45. The summed E-state index contributed by atoms with van der Waals surface area (Å²) in [6, 6.07) is 3.10. The maximum absolute atomic E-state index is 10.9. The van der Waals surface area contributed by atoms with Crippen LogP contribution in [0.3, 0.4) is 0 Å². The van der Waals surface area contributed by atoms with Gasteiger partial charge in [-0.3, -0.25) is 0 Å². The van der Waals surface area contributed by atoms with Gasteiger partial charge < -0.3 is 15.2 Å². The summed E-state index contributed by atoms with van der Waals surface area (Å²) in [5.41, 5.74) is 1.05. The monoisotopic (exact) mass is 270 g/mol. The van der Waals surface area contributed by atoms with Crippen molar-refractivity contribution in [3.63, 3.8) is 0 Å². The van der Waals surface area contributed by atoms with Gasteiger partial charge in [-0.25, -0.2) is 9.78 Å². The van der Waals surface area contributed by atoms with Gasteiger partial charge in [0.1, 0.15) is 17.9 Å². The SMILES string of the molecule is O=C(O)c1ccc(Br)c2[nH]c(CO)nc12. The summed E-state index contributed by atoms with van der Waals surface area (Å²) < 4.78 is 0.717. The number of nitrogens with one attached hydrogen (secondary N) is 1.